The van der Waals surface area contributed by atoms with Crippen molar-refractivity contribution in [3.63, 3.8) is 0 Å². The summed E-state index contributed by atoms with van der Waals surface area (Å²) in [6.07, 6.45) is 0.457. The van der Waals surface area contributed by atoms with E-state index in [2.05, 4.69) is 9.98 Å². The average molecular weight is 431 g/mol. The van der Waals surface area contributed by atoms with E-state index in [1.807, 2.05) is 24.0 Å². The Morgan fingerprint density at radius 2 is 1.61 bits per heavy atom. The van der Waals surface area contributed by atoms with Gasteiger partial charge < -0.3 is 16.2 Å². The molecule has 0 unspecified atom stereocenters. The summed E-state index contributed by atoms with van der Waals surface area (Å²) in [5, 5.41) is 0. The second kappa shape index (κ2) is 7.79. The van der Waals surface area contributed by atoms with Crippen molar-refractivity contribution < 1.29 is 17.9 Å². The lowest BCUT2D eigenvalue weighted by Crippen LogP contribution is -2.58. The number of nitrogens with two attached hydrogens (primary N) is 2. The highest BCUT2D eigenvalue weighted by atomic mass is 19.4. The molecule has 1 saturated carbocycles. The van der Waals surface area contributed by atoms with E-state index in [1.165, 1.54) is 12.1 Å². The predicted molar refractivity (Wildman–Crippen MR) is 114 cm³/mol. The lowest BCUT2D eigenvalue weighted by atomic mass is 9.87. The highest BCUT2D eigenvalue weighted by Crippen LogP contribution is 2.41. The summed E-state index contributed by atoms with van der Waals surface area (Å²) in [5.74, 6) is 1.32. The van der Waals surface area contributed by atoms with E-state index in [1.54, 1.807) is 6.07 Å². The Morgan fingerprint density at radius 3 is 2.23 bits per heavy atom. The fraction of sp³-hybridized carbons (Fsp3) is 0.364. The van der Waals surface area contributed by atoms with E-state index in [0.29, 0.717) is 17.5 Å². The minimum Gasteiger partial charge on any atom is -0.457 e. The third-order valence-electron chi connectivity index (χ3n) is 5.68. The number of hydrogen-bond acceptors (Lipinski definition) is 6. The smallest absolute Gasteiger partial charge is 0.416 e. The topological polar surface area (TPSA) is 89.2 Å². The molecule has 1 aliphatic heterocycles. The molecule has 9 heteroatoms. The molecule has 164 valence electrons. The number of halogens is 3. The highest BCUT2D eigenvalue weighted by molar-refractivity contribution is 6.06. The number of rotatable bonds is 3. The van der Waals surface area contributed by atoms with Gasteiger partial charge in [-0.1, -0.05) is 6.42 Å². The Morgan fingerprint density at radius 1 is 0.968 bits per heavy atom. The number of guanidine groups is 2. The van der Waals surface area contributed by atoms with E-state index < -0.39 is 17.4 Å². The Balaban J connectivity index is 1.60. The molecule has 0 atom stereocenters. The van der Waals surface area contributed by atoms with Crippen LogP contribution in [0.4, 0.5) is 18.9 Å². The zero-order chi connectivity index (χ0) is 22.2. The molecular formula is C22H24F3N5O. The standard InChI is InChI=1S/C22H24F3N5O/c1-14-13-17(31-16-7-5-15(6-8-16)22(23,24)25)9-10-18(14)30-20(27)28-19(26)29-21(30)11-3-2-4-12-21/h5-10,13H,2-4,11-12H2,1H3,(H4,26,27,28,29). The molecule has 0 amide bonds. The monoisotopic (exact) mass is 431 g/mol. The first kappa shape index (κ1) is 21.0. The first-order valence-corrected chi connectivity index (χ1v) is 10.1. The van der Waals surface area contributed by atoms with Crippen LogP contribution in [0.3, 0.4) is 0 Å². The fourth-order valence-electron chi connectivity index (χ4n) is 4.26. The first-order chi connectivity index (χ1) is 14.7. The molecule has 2 aliphatic rings. The van der Waals surface area contributed by atoms with E-state index in [9.17, 15) is 13.2 Å². The molecular weight excluding hydrogens is 407 g/mol. The van der Waals surface area contributed by atoms with E-state index >= 15 is 0 Å². The largest absolute Gasteiger partial charge is 0.457 e. The Hall–Kier alpha value is -3.23. The molecule has 2 aromatic carbocycles. The van der Waals surface area contributed by atoms with Gasteiger partial charge in [0.1, 0.15) is 17.2 Å². The zero-order valence-corrected chi connectivity index (χ0v) is 17.1. The third kappa shape index (κ3) is 4.17. The van der Waals surface area contributed by atoms with Crippen molar-refractivity contribution in [1.82, 2.24) is 0 Å². The number of aliphatic imine (C=N–C) groups is 2. The summed E-state index contributed by atoms with van der Waals surface area (Å²) in [7, 11) is 0. The molecule has 0 bridgehead atoms. The van der Waals surface area contributed by atoms with E-state index in [4.69, 9.17) is 16.2 Å². The van der Waals surface area contributed by atoms with Gasteiger partial charge in [0.15, 0.2) is 0 Å². The normalized spacial score (nSPS) is 18.5. The Bertz CT molecular complexity index is 1020. The Kier molecular flexibility index (Phi) is 5.28. The van der Waals surface area contributed by atoms with Gasteiger partial charge in [-0.3, -0.25) is 4.90 Å². The summed E-state index contributed by atoms with van der Waals surface area (Å²) in [5.41, 5.74) is 12.7. The van der Waals surface area contributed by atoms with Crippen LogP contribution in [0, 0.1) is 6.92 Å². The van der Waals surface area contributed by atoms with Crippen molar-refractivity contribution in [3.8, 4) is 11.5 Å². The first-order valence-electron chi connectivity index (χ1n) is 10.1. The highest BCUT2D eigenvalue weighted by Gasteiger charge is 2.43. The second-order valence-electron chi connectivity index (χ2n) is 7.89. The molecule has 2 aromatic rings. The molecule has 1 heterocycles. The lowest BCUT2D eigenvalue weighted by molar-refractivity contribution is -0.137. The van der Waals surface area contributed by atoms with Crippen molar-refractivity contribution >= 4 is 17.6 Å². The van der Waals surface area contributed by atoms with Crippen LogP contribution in [-0.4, -0.2) is 17.6 Å². The second-order valence-corrected chi connectivity index (χ2v) is 7.89. The number of nitrogens with zero attached hydrogens (tertiary/aromatic N) is 3. The number of hydrogen-bond donors (Lipinski definition) is 2. The summed E-state index contributed by atoms with van der Waals surface area (Å²) in [6.45, 7) is 1.92. The van der Waals surface area contributed by atoms with Gasteiger partial charge in [0.2, 0.25) is 11.9 Å². The molecule has 4 N–H and O–H groups in total. The van der Waals surface area contributed by atoms with Crippen LogP contribution < -0.4 is 21.1 Å². The van der Waals surface area contributed by atoms with Crippen LogP contribution in [-0.2, 0) is 6.18 Å². The van der Waals surface area contributed by atoms with Crippen molar-refractivity contribution in [2.45, 2.75) is 50.9 Å². The fourth-order valence-corrected chi connectivity index (χ4v) is 4.26. The SMILES string of the molecule is Cc1cc(Oc2ccc(C(F)(F)F)cc2)ccc1N1C(N)=NC(N)=NC12CCCCC2. The molecule has 1 spiro atoms. The number of anilines is 1. The van der Waals surface area contributed by atoms with Gasteiger partial charge >= 0.3 is 6.18 Å². The van der Waals surface area contributed by atoms with Crippen LogP contribution in [0.25, 0.3) is 0 Å². The average Bonchev–Trinajstić information content (AvgIpc) is 2.69. The quantitative estimate of drug-likeness (QED) is 0.722. The summed E-state index contributed by atoms with van der Waals surface area (Å²) in [6, 6.07) is 10.0. The summed E-state index contributed by atoms with van der Waals surface area (Å²) < 4.78 is 44.0. The molecule has 0 saturated heterocycles. The number of benzene rings is 2. The number of aryl methyl sites for hydroxylation is 1. The van der Waals surface area contributed by atoms with Crippen LogP contribution in [0.5, 0.6) is 11.5 Å². The van der Waals surface area contributed by atoms with Gasteiger partial charge in [-0.25, -0.2) is 4.99 Å². The maximum absolute atomic E-state index is 12.7. The molecule has 1 aliphatic carbocycles. The third-order valence-corrected chi connectivity index (χ3v) is 5.68. The molecule has 31 heavy (non-hydrogen) atoms. The van der Waals surface area contributed by atoms with Gasteiger partial charge in [0.05, 0.1) is 5.56 Å². The van der Waals surface area contributed by atoms with E-state index in [-0.39, 0.29) is 5.96 Å². The van der Waals surface area contributed by atoms with Crippen LogP contribution in [0.1, 0.15) is 43.2 Å². The Labute approximate surface area is 178 Å². The maximum atomic E-state index is 12.7. The zero-order valence-electron chi connectivity index (χ0n) is 17.1. The maximum Gasteiger partial charge on any atom is 0.416 e. The van der Waals surface area contributed by atoms with Gasteiger partial charge in [-0.15, -0.1) is 0 Å². The summed E-state index contributed by atoms with van der Waals surface area (Å²) in [4.78, 5) is 10.8. The lowest BCUT2D eigenvalue weighted by Gasteiger charge is -2.46. The number of alkyl halides is 3. The van der Waals surface area contributed by atoms with Crippen molar-refractivity contribution in [2.24, 2.45) is 21.5 Å². The van der Waals surface area contributed by atoms with E-state index in [0.717, 1.165) is 55.5 Å². The minimum atomic E-state index is -4.38. The van der Waals surface area contributed by atoms with Crippen LogP contribution in [0.2, 0.25) is 0 Å². The molecule has 1 fully saturated rings. The van der Waals surface area contributed by atoms with Crippen LogP contribution in [0.15, 0.2) is 52.4 Å². The van der Waals surface area contributed by atoms with Crippen molar-refractivity contribution in [1.29, 1.82) is 0 Å². The molecule has 6 nitrogen and oxygen atoms in total. The van der Waals surface area contributed by atoms with Crippen LogP contribution >= 0.6 is 0 Å². The van der Waals surface area contributed by atoms with Gasteiger partial charge in [-0.2, -0.15) is 18.2 Å². The van der Waals surface area contributed by atoms with Gasteiger partial charge in [0, 0.05) is 5.69 Å². The molecule has 4 rings (SSSR count). The number of ether oxygens (including phenoxy) is 1. The molecule has 0 aromatic heterocycles. The predicted octanol–water partition coefficient (Wildman–Crippen LogP) is 4.92. The van der Waals surface area contributed by atoms with Crippen molar-refractivity contribution in [2.75, 3.05) is 4.90 Å². The van der Waals surface area contributed by atoms with Crippen molar-refractivity contribution in [3.05, 3.63) is 53.6 Å². The molecule has 0 radical (unpaired) electrons. The summed E-state index contributed by atoms with van der Waals surface area (Å²) >= 11 is 0. The van der Waals surface area contributed by atoms with Gasteiger partial charge in [-0.05, 0) is 80.6 Å². The minimum absolute atomic E-state index is 0.190. The van der Waals surface area contributed by atoms with Gasteiger partial charge in [0.25, 0.3) is 0 Å².